The highest BCUT2D eigenvalue weighted by Crippen LogP contribution is 2.28. The number of rotatable bonds is 9. The average molecular weight is 295 g/mol. The first kappa shape index (κ1) is 17.3. The summed E-state index contributed by atoms with van der Waals surface area (Å²) in [7, 11) is 0. The molecule has 0 heterocycles. The van der Waals surface area contributed by atoms with Crippen molar-refractivity contribution >= 4 is 5.91 Å². The van der Waals surface area contributed by atoms with E-state index in [1.54, 1.807) is 18.2 Å². The van der Waals surface area contributed by atoms with Crippen molar-refractivity contribution in [3.8, 4) is 11.5 Å². The highest BCUT2D eigenvalue weighted by atomic mass is 16.5. The third kappa shape index (κ3) is 5.27. The van der Waals surface area contributed by atoms with Gasteiger partial charge in [-0.1, -0.05) is 13.8 Å². The van der Waals surface area contributed by atoms with Crippen LogP contribution in [0.2, 0.25) is 0 Å². The predicted molar refractivity (Wildman–Crippen MR) is 82.0 cm³/mol. The molecule has 5 nitrogen and oxygen atoms in total. The molecule has 1 aromatic rings. The molecule has 2 N–H and O–H groups in total. The molecule has 1 rings (SSSR count). The van der Waals surface area contributed by atoms with Gasteiger partial charge >= 0.3 is 0 Å². The zero-order valence-electron chi connectivity index (χ0n) is 13.0. The van der Waals surface area contributed by atoms with Crippen LogP contribution in [-0.2, 0) is 0 Å². The van der Waals surface area contributed by atoms with Gasteiger partial charge in [-0.25, -0.2) is 0 Å². The molecule has 5 heteroatoms. The van der Waals surface area contributed by atoms with E-state index >= 15 is 0 Å². The Balaban J connectivity index is 2.88. The summed E-state index contributed by atoms with van der Waals surface area (Å²) in [6.45, 7) is 6.86. The molecule has 0 bridgehead atoms. The summed E-state index contributed by atoms with van der Waals surface area (Å²) in [6, 6.07) is 4.89. The molecule has 0 saturated heterocycles. The van der Waals surface area contributed by atoms with Crippen LogP contribution < -0.4 is 14.8 Å². The van der Waals surface area contributed by atoms with Gasteiger partial charge in [0.05, 0.1) is 25.9 Å². The fourth-order valence-corrected chi connectivity index (χ4v) is 1.79. The van der Waals surface area contributed by atoms with Gasteiger partial charge in [0.25, 0.3) is 5.91 Å². The van der Waals surface area contributed by atoms with E-state index < -0.39 is 0 Å². The second kappa shape index (κ2) is 9.23. The van der Waals surface area contributed by atoms with Crippen molar-refractivity contribution in [3.63, 3.8) is 0 Å². The van der Waals surface area contributed by atoms with E-state index in [1.165, 1.54) is 0 Å². The molecule has 0 radical (unpaired) electrons. The lowest BCUT2D eigenvalue weighted by molar-refractivity contribution is 0.0914. The molecule has 0 aliphatic heterocycles. The summed E-state index contributed by atoms with van der Waals surface area (Å²) in [5.74, 6) is 0.985. The second-order valence-corrected chi connectivity index (χ2v) is 4.70. The molecule has 0 aromatic heterocycles. The van der Waals surface area contributed by atoms with Gasteiger partial charge in [0.1, 0.15) is 0 Å². The van der Waals surface area contributed by atoms with E-state index in [2.05, 4.69) is 5.32 Å². The minimum atomic E-state index is -0.232. The maximum absolute atomic E-state index is 12.1. The summed E-state index contributed by atoms with van der Waals surface area (Å²) < 4.78 is 11.1. The summed E-state index contributed by atoms with van der Waals surface area (Å²) in [5, 5.41) is 11.9. The Morgan fingerprint density at radius 1 is 1.24 bits per heavy atom. The molecule has 0 aliphatic rings. The molecule has 1 atom stereocenters. The normalized spacial score (nSPS) is 11.8. The molecule has 0 fully saturated rings. The lowest BCUT2D eigenvalue weighted by atomic mass is 10.1. The van der Waals surface area contributed by atoms with Crippen LogP contribution in [0.15, 0.2) is 18.2 Å². The zero-order chi connectivity index (χ0) is 15.7. The molecule has 1 aromatic carbocycles. The lowest BCUT2D eigenvalue weighted by Gasteiger charge is -2.16. The molecule has 21 heavy (non-hydrogen) atoms. The molecule has 1 amide bonds. The lowest BCUT2D eigenvalue weighted by Crippen LogP contribution is -2.36. The van der Waals surface area contributed by atoms with Crippen molar-refractivity contribution < 1.29 is 19.4 Å². The van der Waals surface area contributed by atoms with E-state index in [4.69, 9.17) is 14.6 Å². The van der Waals surface area contributed by atoms with E-state index in [0.717, 1.165) is 6.42 Å². The topological polar surface area (TPSA) is 67.8 Å². The third-order valence-corrected chi connectivity index (χ3v) is 3.02. The molecular formula is C16H25NO4. The molecule has 0 saturated carbocycles. The van der Waals surface area contributed by atoms with Gasteiger partial charge in [-0.05, 0) is 38.0 Å². The summed E-state index contributed by atoms with van der Waals surface area (Å²) in [4.78, 5) is 12.1. The number of aliphatic hydroxyl groups is 1. The van der Waals surface area contributed by atoms with E-state index in [1.807, 2.05) is 20.8 Å². The Hall–Kier alpha value is -1.75. The Morgan fingerprint density at radius 2 is 2.00 bits per heavy atom. The van der Waals surface area contributed by atoms with Crippen LogP contribution >= 0.6 is 0 Å². The van der Waals surface area contributed by atoms with Gasteiger partial charge in [0.15, 0.2) is 11.5 Å². The van der Waals surface area contributed by atoms with E-state index in [-0.39, 0.29) is 18.6 Å². The maximum atomic E-state index is 12.1. The van der Waals surface area contributed by atoms with Crippen molar-refractivity contribution in [2.75, 3.05) is 19.8 Å². The molecule has 0 unspecified atom stereocenters. The number of carbonyl (C=O) groups excluding carboxylic acids is 1. The van der Waals surface area contributed by atoms with Crippen molar-refractivity contribution in [2.24, 2.45) is 0 Å². The monoisotopic (exact) mass is 295 g/mol. The first-order valence-corrected chi connectivity index (χ1v) is 7.47. The van der Waals surface area contributed by atoms with Gasteiger partial charge in [0.2, 0.25) is 0 Å². The summed E-state index contributed by atoms with van der Waals surface area (Å²) in [6.07, 6.45) is 1.58. The Morgan fingerprint density at radius 3 is 2.57 bits per heavy atom. The fraction of sp³-hybridized carbons (Fsp3) is 0.562. The van der Waals surface area contributed by atoms with Crippen molar-refractivity contribution in [2.45, 2.75) is 39.7 Å². The van der Waals surface area contributed by atoms with Crippen LogP contribution in [0, 0.1) is 0 Å². The van der Waals surface area contributed by atoms with Crippen LogP contribution in [-0.4, -0.2) is 36.9 Å². The minimum Gasteiger partial charge on any atom is -0.490 e. The SMILES string of the molecule is CCCOc1ccc(C(=O)N[C@H](CC)CO)cc1OCC. The van der Waals surface area contributed by atoms with Gasteiger partial charge in [-0.3, -0.25) is 4.79 Å². The smallest absolute Gasteiger partial charge is 0.251 e. The number of benzene rings is 1. The Labute approximate surface area is 126 Å². The average Bonchev–Trinajstić information content (AvgIpc) is 2.51. The van der Waals surface area contributed by atoms with Crippen LogP contribution in [0.25, 0.3) is 0 Å². The van der Waals surface area contributed by atoms with Gasteiger partial charge in [-0.2, -0.15) is 0 Å². The largest absolute Gasteiger partial charge is 0.490 e. The number of nitrogens with one attached hydrogen (secondary N) is 1. The zero-order valence-corrected chi connectivity index (χ0v) is 13.0. The van der Waals surface area contributed by atoms with E-state index in [9.17, 15) is 4.79 Å². The fourth-order valence-electron chi connectivity index (χ4n) is 1.79. The van der Waals surface area contributed by atoms with Gasteiger partial charge in [-0.15, -0.1) is 0 Å². The predicted octanol–water partition coefficient (Wildman–Crippen LogP) is 2.37. The molecule has 118 valence electrons. The number of aliphatic hydroxyl groups excluding tert-OH is 1. The van der Waals surface area contributed by atoms with Crippen LogP contribution in [0.3, 0.4) is 0 Å². The molecular weight excluding hydrogens is 270 g/mol. The Kier molecular flexibility index (Phi) is 7.61. The molecule has 0 spiro atoms. The number of ether oxygens (including phenoxy) is 2. The first-order chi connectivity index (χ1) is 10.2. The summed E-state index contributed by atoms with van der Waals surface area (Å²) >= 11 is 0. The van der Waals surface area contributed by atoms with Gasteiger partial charge < -0.3 is 19.9 Å². The summed E-state index contributed by atoms with van der Waals surface area (Å²) in [5.41, 5.74) is 0.495. The van der Waals surface area contributed by atoms with Crippen molar-refractivity contribution in [1.29, 1.82) is 0 Å². The number of hydrogen-bond acceptors (Lipinski definition) is 4. The van der Waals surface area contributed by atoms with Crippen molar-refractivity contribution in [1.82, 2.24) is 5.32 Å². The first-order valence-electron chi connectivity index (χ1n) is 7.47. The maximum Gasteiger partial charge on any atom is 0.251 e. The quantitative estimate of drug-likeness (QED) is 0.734. The van der Waals surface area contributed by atoms with Crippen LogP contribution in [0.4, 0.5) is 0 Å². The van der Waals surface area contributed by atoms with Crippen LogP contribution in [0.1, 0.15) is 44.0 Å². The second-order valence-electron chi connectivity index (χ2n) is 4.70. The number of carbonyl (C=O) groups is 1. The standard InChI is InChI=1S/C16H25NO4/c1-4-9-21-14-8-7-12(10-15(14)20-6-3)16(19)17-13(5-2)11-18/h7-8,10,13,18H,4-6,9,11H2,1-3H3,(H,17,19)/t13-/m1/s1. The minimum absolute atomic E-state index is 0.0712. The number of hydrogen-bond donors (Lipinski definition) is 2. The van der Waals surface area contributed by atoms with Crippen molar-refractivity contribution in [3.05, 3.63) is 23.8 Å². The van der Waals surface area contributed by atoms with Gasteiger partial charge in [0, 0.05) is 5.56 Å². The highest BCUT2D eigenvalue weighted by Gasteiger charge is 2.14. The van der Waals surface area contributed by atoms with E-state index in [0.29, 0.717) is 36.7 Å². The Bertz CT molecular complexity index is 444. The van der Waals surface area contributed by atoms with Crippen LogP contribution in [0.5, 0.6) is 11.5 Å². The highest BCUT2D eigenvalue weighted by molar-refractivity contribution is 5.95. The number of amides is 1. The third-order valence-electron chi connectivity index (χ3n) is 3.02. The molecule has 0 aliphatic carbocycles.